The molecule has 0 atom stereocenters. The topological polar surface area (TPSA) is 47.3 Å². The van der Waals surface area contributed by atoms with Gasteiger partial charge in [-0.15, -0.1) is 0 Å². The van der Waals surface area contributed by atoms with E-state index in [9.17, 15) is 0 Å². The van der Waals surface area contributed by atoms with Crippen LogP contribution in [0.2, 0.25) is 0 Å². The average Bonchev–Trinajstić information content (AvgIpc) is 2.84. The highest BCUT2D eigenvalue weighted by molar-refractivity contribution is 9.10. The molecular formula is C13H15BrN2O2. The lowest BCUT2D eigenvalue weighted by atomic mass is 10.2. The number of oxazole rings is 1. The van der Waals surface area contributed by atoms with Crippen molar-refractivity contribution >= 4 is 15.9 Å². The summed E-state index contributed by atoms with van der Waals surface area (Å²) >= 11 is 3.40. The molecule has 0 saturated heterocycles. The molecule has 0 aliphatic rings. The van der Waals surface area contributed by atoms with Crippen molar-refractivity contribution < 1.29 is 9.15 Å². The Morgan fingerprint density at radius 2 is 2.11 bits per heavy atom. The van der Waals surface area contributed by atoms with E-state index >= 15 is 0 Å². The van der Waals surface area contributed by atoms with Gasteiger partial charge in [0.1, 0.15) is 0 Å². The summed E-state index contributed by atoms with van der Waals surface area (Å²) in [5, 5.41) is 3.19. The zero-order valence-electron chi connectivity index (χ0n) is 10.1. The summed E-state index contributed by atoms with van der Waals surface area (Å²) in [6.07, 6.45) is 1.75. The fourth-order valence-electron chi connectivity index (χ4n) is 1.51. The minimum absolute atomic E-state index is 0.611. The highest BCUT2D eigenvalue weighted by atomic mass is 79.9. The Morgan fingerprint density at radius 3 is 2.83 bits per heavy atom. The maximum Gasteiger partial charge on any atom is 0.208 e. The van der Waals surface area contributed by atoms with Crippen molar-refractivity contribution in [2.75, 3.05) is 20.3 Å². The molecule has 0 amide bonds. The molecule has 1 heterocycles. The summed E-state index contributed by atoms with van der Waals surface area (Å²) in [5.74, 6) is 1.47. The van der Waals surface area contributed by atoms with Gasteiger partial charge in [0.2, 0.25) is 5.89 Å². The third kappa shape index (κ3) is 3.66. The van der Waals surface area contributed by atoms with Gasteiger partial charge in [-0.3, -0.25) is 0 Å². The number of nitrogens with one attached hydrogen (secondary N) is 1. The maximum atomic E-state index is 5.66. The van der Waals surface area contributed by atoms with Crippen molar-refractivity contribution in [1.82, 2.24) is 10.3 Å². The largest absolute Gasteiger partial charge is 0.439 e. The highest BCUT2D eigenvalue weighted by Gasteiger charge is 2.05. The molecule has 1 aromatic carbocycles. The normalized spacial score (nSPS) is 10.8. The van der Waals surface area contributed by atoms with E-state index in [0.717, 1.165) is 22.3 Å². The number of methoxy groups -OCH3 is 1. The molecule has 2 rings (SSSR count). The number of hydrogen-bond donors (Lipinski definition) is 1. The van der Waals surface area contributed by atoms with Crippen LogP contribution in [-0.4, -0.2) is 25.2 Å². The Hall–Kier alpha value is -1.17. The predicted molar refractivity (Wildman–Crippen MR) is 73.2 cm³/mol. The quantitative estimate of drug-likeness (QED) is 0.833. The van der Waals surface area contributed by atoms with Gasteiger partial charge in [0, 0.05) is 23.7 Å². The number of halogens is 1. The summed E-state index contributed by atoms with van der Waals surface area (Å²) in [7, 11) is 1.68. The van der Waals surface area contributed by atoms with Crippen LogP contribution in [0, 0.1) is 0 Å². The molecule has 96 valence electrons. The van der Waals surface area contributed by atoms with Crippen molar-refractivity contribution in [3.05, 3.63) is 40.8 Å². The second kappa shape index (κ2) is 6.68. The second-order valence-electron chi connectivity index (χ2n) is 3.79. The molecule has 0 aliphatic carbocycles. The molecule has 0 aliphatic heterocycles. The van der Waals surface area contributed by atoms with Gasteiger partial charge < -0.3 is 14.5 Å². The van der Waals surface area contributed by atoms with Gasteiger partial charge in [0.15, 0.2) is 5.76 Å². The molecular weight excluding hydrogens is 296 g/mol. The molecule has 2 aromatic rings. The lowest BCUT2D eigenvalue weighted by Crippen LogP contribution is -2.18. The van der Waals surface area contributed by atoms with E-state index in [4.69, 9.17) is 9.15 Å². The van der Waals surface area contributed by atoms with Crippen molar-refractivity contribution in [1.29, 1.82) is 0 Å². The maximum absolute atomic E-state index is 5.66. The van der Waals surface area contributed by atoms with Crippen LogP contribution in [0.5, 0.6) is 0 Å². The van der Waals surface area contributed by atoms with E-state index in [1.54, 1.807) is 13.3 Å². The van der Waals surface area contributed by atoms with E-state index in [2.05, 4.69) is 26.2 Å². The third-order valence-corrected chi connectivity index (χ3v) is 2.97. The van der Waals surface area contributed by atoms with Gasteiger partial charge in [-0.2, -0.15) is 0 Å². The SMILES string of the molecule is COCCNCc1ncc(-c2ccc(Br)cc2)o1. The van der Waals surface area contributed by atoms with E-state index in [1.165, 1.54) is 0 Å². The van der Waals surface area contributed by atoms with Gasteiger partial charge in [-0.05, 0) is 12.1 Å². The van der Waals surface area contributed by atoms with E-state index in [0.29, 0.717) is 19.0 Å². The van der Waals surface area contributed by atoms with Crippen molar-refractivity contribution in [3.63, 3.8) is 0 Å². The van der Waals surface area contributed by atoms with E-state index in [-0.39, 0.29) is 0 Å². The Kier molecular flexibility index (Phi) is 4.92. The standard InChI is InChI=1S/C13H15BrN2O2/c1-17-7-6-15-9-13-16-8-12(18-13)10-2-4-11(14)5-3-10/h2-5,8,15H,6-7,9H2,1H3. The molecule has 1 aromatic heterocycles. The minimum Gasteiger partial charge on any atom is -0.439 e. The van der Waals surface area contributed by atoms with Crippen LogP contribution in [0.25, 0.3) is 11.3 Å². The molecule has 0 fully saturated rings. The molecule has 0 radical (unpaired) electrons. The fourth-order valence-corrected chi connectivity index (χ4v) is 1.77. The zero-order chi connectivity index (χ0) is 12.8. The van der Waals surface area contributed by atoms with Crippen LogP contribution in [0.3, 0.4) is 0 Å². The lowest BCUT2D eigenvalue weighted by molar-refractivity contribution is 0.198. The summed E-state index contributed by atoms with van der Waals surface area (Å²) in [4.78, 5) is 4.23. The van der Waals surface area contributed by atoms with Crippen LogP contribution in [-0.2, 0) is 11.3 Å². The van der Waals surface area contributed by atoms with Crippen LogP contribution >= 0.6 is 15.9 Å². The van der Waals surface area contributed by atoms with Gasteiger partial charge in [-0.1, -0.05) is 28.1 Å². The molecule has 1 N–H and O–H groups in total. The number of nitrogens with zero attached hydrogens (tertiary/aromatic N) is 1. The number of hydrogen-bond acceptors (Lipinski definition) is 4. The summed E-state index contributed by atoms with van der Waals surface area (Å²) in [6.45, 7) is 2.08. The molecule has 0 bridgehead atoms. The van der Waals surface area contributed by atoms with Crippen LogP contribution in [0.1, 0.15) is 5.89 Å². The summed E-state index contributed by atoms with van der Waals surface area (Å²) < 4.78 is 11.7. The average molecular weight is 311 g/mol. The first-order valence-electron chi connectivity index (χ1n) is 5.70. The van der Waals surface area contributed by atoms with E-state index in [1.807, 2.05) is 24.3 Å². The minimum atomic E-state index is 0.611. The molecule has 18 heavy (non-hydrogen) atoms. The summed E-state index contributed by atoms with van der Waals surface area (Å²) in [5.41, 5.74) is 1.02. The molecule has 0 saturated carbocycles. The zero-order valence-corrected chi connectivity index (χ0v) is 11.7. The fraction of sp³-hybridized carbons (Fsp3) is 0.308. The van der Waals surface area contributed by atoms with Crippen molar-refractivity contribution in [2.24, 2.45) is 0 Å². The number of aromatic nitrogens is 1. The Morgan fingerprint density at radius 1 is 1.33 bits per heavy atom. The third-order valence-electron chi connectivity index (χ3n) is 2.44. The predicted octanol–water partition coefficient (Wildman–Crippen LogP) is 2.84. The second-order valence-corrected chi connectivity index (χ2v) is 4.71. The smallest absolute Gasteiger partial charge is 0.208 e. The first-order chi connectivity index (χ1) is 8.79. The van der Waals surface area contributed by atoms with Crippen molar-refractivity contribution in [2.45, 2.75) is 6.54 Å². The van der Waals surface area contributed by atoms with E-state index < -0.39 is 0 Å². The van der Waals surface area contributed by atoms with Gasteiger partial charge in [0.25, 0.3) is 0 Å². The highest BCUT2D eigenvalue weighted by Crippen LogP contribution is 2.22. The first kappa shape index (κ1) is 13.3. The number of rotatable bonds is 6. The molecule has 0 spiro atoms. The lowest BCUT2D eigenvalue weighted by Gasteiger charge is -2.00. The monoisotopic (exact) mass is 310 g/mol. The van der Waals surface area contributed by atoms with Crippen LogP contribution in [0.4, 0.5) is 0 Å². The molecule has 0 unspecified atom stereocenters. The van der Waals surface area contributed by atoms with Gasteiger partial charge in [0.05, 0.1) is 19.3 Å². The molecule has 5 heteroatoms. The summed E-state index contributed by atoms with van der Waals surface area (Å²) in [6, 6.07) is 7.95. The number of benzene rings is 1. The van der Waals surface area contributed by atoms with Crippen LogP contribution in [0.15, 0.2) is 39.4 Å². The van der Waals surface area contributed by atoms with Gasteiger partial charge >= 0.3 is 0 Å². The molecule has 4 nitrogen and oxygen atoms in total. The Labute approximate surface area is 114 Å². The van der Waals surface area contributed by atoms with Crippen molar-refractivity contribution in [3.8, 4) is 11.3 Å². The number of ether oxygens (including phenoxy) is 1. The van der Waals surface area contributed by atoms with Crippen LogP contribution < -0.4 is 5.32 Å². The van der Waals surface area contributed by atoms with Gasteiger partial charge in [-0.25, -0.2) is 4.98 Å². The first-order valence-corrected chi connectivity index (χ1v) is 6.49. The Bertz CT molecular complexity index is 482. The Balaban J connectivity index is 1.95.